The van der Waals surface area contributed by atoms with Crippen LogP contribution in [0.4, 0.5) is 4.39 Å². The topological polar surface area (TPSA) is 55.1 Å². The Hall–Kier alpha value is -2.35. The Morgan fingerprint density at radius 2 is 2.35 bits per heavy atom. The van der Waals surface area contributed by atoms with Crippen molar-refractivity contribution in [2.24, 2.45) is 0 Å². The van der Waals surface area contributed by atoms with Crippen LogP contribution in [0.1, 0.15) is 5.82 Å². The molecule has 1 heterocycles. The van der Waals surface area contributed by atoms with Crippen molar-refractivity contribution in [3.8, 4) is 12.3 Å². The van der Waals surface area contributed by atoms with Gasteiger partial charge in [-0.2, -0.15) is 0 Å². The first-order valence-electron chi connectivity index (χ1n) is 4.91. The second-order valence-corrected chi connectivity index (χ2v) is 3.52. The zero-order chi connectivity index (χ0) is 12.4. The van der Waals surface area contributed by atoms with E-state index in [9.17, 15) is 9.18 Å². The smallest absolute Gasteiger partial charge is 0.311 e. The summed E-state index contributed by atoms with van der Waals surface area (Å²) in [6.07, 6.45) is 4.98. The van der Waals surface area contributed by atoms with E-state index in [1.807, 2.05) is 0 Å². The molecule has 0 saturated carbocycles. The normalized spacial score (nSPS) is 10.4. The third kappa shape index (κ3) is 2.11. The van der Waals surface area contributed by atoms with Crippen LogP contribution in [0.2, 0.25) is 0 Å². The molecule has 17 heavy (non-hydrogen) atoms. The van der Waals surface area contributed by atoms with Crippen molar-refractivity contribution < 1.29 is 14.3 Å². The van der Waals surface area contributed by atoms with E-state index >= 15 is 0 Å². The molecule has 86 valence electrons. The second-order valence-electron chi connectivity index (χ2n) is 3.52. The molecule has 2 rings (SSSR count). The van der Waals surface area contributed by atoms with E-state index in [0.717, 1.165) is 0 Å². The largest absolute Gasteiger partial charge is 0.481 e. The molecule has 0 bridgehead atoms. The van der Waals surface area contributed by atoms with Crippen molar-refractivity contribution in [2.75, 3.05) is 0 Å². The predicted molar refractivity (Wildman–Crippen MR) is 59.9 cm³/mol. The Morgan fingerprint density at radius 3 is 3.00 bits per heavy atom. The molecular formula is C12H9FN2O2. The predicted octanol–water partition coefficient (Wildman–Crippen LogP) is 1.44. The summed E-state index contributed by atoms with van der Waals surface area (Å²) in [4.78, 5) is 14.8. The van der Waals surface area contributed by atoms with Gasteiger partial charge in [0.05, 0.1) is 17.6 Å². The maximum absolute atomic E-state index is 13.0. The maximum Gasteiger partial charge on any atom is 0.311 e. The van der Waals surface area contributed by atoms with Crippen molar-refractivity contribution in [3.05, 3.63) is 29.8 Å². The molecule has 0 saturated heterocycles. The highest BCUT2D eigenvalue weighted by Crippen LogP contribution is 2.17. The van der Waals surface area contributed by atoms with Gasteiger partial charge in [0.2, 0.25) is 0 Å². The highest BCUT2D eigenvalue weighted by molar-refractivity contribution is 5.78. The SMILES string of the molecule is C#CCn1c(CC(=O)O)nc2cc(F)ccc21. The number of nitrogens with zero attached hydrogens (tertiary/aromatic N) is 2. The molecule has 0 unspecified atom stereocenters. The van der Waals surface area contributed by atoms with Crippen LogP contribution in [0.3, 0.4) is 0 Å². The Kier molecular flexibility index (Phi) is 2.79. The summed E-state index contributed by atoms with van der Waals surface area (Å²) in [6.45, 7) is 0.213. The minimum Gasteiger partial charge on any atom is -0.481 e. The van der Waals surface area contributed by atoms with Crippen LogP contribution in [0.25, 0.3) is 11.0 Å². The average molecular weight is 232 g/mol. The van der Waals surface area contributed by atoms with Crippen LogP contribution in [0.5, 0.6) is 0 Å². The lowest BCUT2D eigenvalue weighted by Gasteiger charge is -2.02. The van der Waals surface area contributed by atoms with E-state index in [1.165, 1.54) is 12.1 Å². The summed E-state index contributed by atoms with van der Waals surface area (Å²) in [5, 5.41) is 8.76. The van der Waals surface area contributed by atoms with Crippen molar-refractivity contribution >= 4 is 17.0 Å². The summed E-state index contributed by atoms with van der Waals surface area (Å²) in [5.74, 6) is 1.34. The lowest BCUT2D eigenvalue weighted by molar-refractivity contribution is -0.136. The molecule has 0 fully saturated rings. The summed E-state index contributed by atoms with van der Waals surface area (Å²) in [6, 6.07) is 4.09. The molecule has 1 aromatic heterocycles. The number of hydrogen-bond donors (Lipinski definition) is 1. The Bertz CT molecular complexity index is 625. The standard InChI is InChI=1S/C12H9FN2O2/c1-2-5-15-10-4-3-8(13)6-9(10)14-11(15)7-12(16)17/h1,3-4,6H,5,7H2,(H,16,17). The first-order chi connectivity index (χ1) is 8.11. The summed E-state index contributed by atoms with van der Waals surface area (Å²) >= 11 is 0. The van der Waals surface area contributed by atoms with Gasteiger partial charge in [-0.3, -0.25) is 4.79 Å². The molecule has 1 aromatic carbocycles. The number of terminal acetylenes is 1. The van der Waals surface area contributed by atoms with Crippen molar-refractivity contribution in [1.82, 2.24) is 9.55 Å². The van der Waals surface area contributed by atoms with Gasteiger partial charge in [0, 0.05) is 6.07 Å². The van der Waals surface area contributed by atoms with Gasteiger partial charge in [0.1, 0.15) is 18.1 Å². The third-order valence-corrected chi connectivity index (χ3v) is 2.35. The number of aromatic nitrogens is 2. The molecule has 0 atom stereocenters. The molecule has 0 aliphatic carbocycles. The van der Waals surface area contributed by atoms with Crippen LogP contribution in [0.15, 0.2) is 18.2 Å². The number of hydrogen-bond acceptors (Lipinski definition) is 2. The quantitative estimate of drug-likeness (QED) is 0.814. The lowest BCUT2D eigenvalue weighted by atomic mass is 10.3. The lowest BCUT2D eigenvalue weighted by Crippen LogP contribution is -2.08. The van der Waals surface area contributed by atoms with Gasteiger partial charge in [-0.25, -0.2) is 9.37 Å². The molecular weight excluding hydrogens is 223 g/mol. The Morgan fingerprint density at radius 1 is 1.59 bits per heavy atom. The van der Waals surface area contributed by atoms with Gasteiger partial charge in [-0.15, -0.1) is 6.42 Å². The minimum atomic E-state index is -1.00. The number of carboxylic acid groups (broad SMARTS) is 1. The Balaban J connectivity index is 2.61. The number of imidazole rings is 1. The number of aliphatic carboxylic acids is 1. The number of halogens is 1. The van der Waals surface area contributed by atoms with Crippen LogP contribution < -0.4 is 0 Å². The number of carbonyl (C=O) groups is 1. The van der Waals surface area contributed by atoms with Gasteiger partial charge in [0.25, 0.3) is 0 Å². The van der Waals surface area contributed by atoms with Crippen LogP contribution in [-0.4, -0.2) is 20.6 Å². The fourth-order valence-corrected chi connectivity index (χ4v) is 1.69. The van der Waals surface area contributed by atoms with E-state index in [0.29, 0.717) is 16.9 Å². The van der Waals surface area contributed by atoms with Crippen LogP contribution in [0, 0.1) is 18.2 Å². The van der Waals surface area contributed by atoms with Gasteiger partial charge in [-0.1, -0.05) is 5.92 Å². The Labute approximate surface area is 96.7 Å². The van der Waals surface area contributed by atoms with Crippen molar-refractivity contribution in [2.45, 2.75) is 13.0 Å². The van der Waals surface area contributed by atoms with E-state index < -0.39 is 11.8 Å². The molecule has 0 amide bonds. The zero-order valence-electron chi connectivity index (χ0n) is 8.85. The highest BCUT2D eigenvalue weighted by Gasteiger charge is 2.13. The fraction of sp³-hybridized carbons (Fsp3) is 0.167. The van der Waals surface area contributed by atoms with Crippen molar-refractivity contribution in [1.29, 1.82) is 0 Å². The molecule has 2 aromatic rings. The number of benzene rings is 1. The molecule has 0 radical (unpaired) electrons. The molecule has 0 spiro atoms. The van der Waals surface area contributed by atoms with Gasteiger partial charge < -0.3 is 9.67 Å². The number of fused-ring (bicyclic) bond motifs is 1. The van der Waals surface area contributed by atoms with Crippen LogP contribution in [-0.2, 0) is 17.8 Å². The van der Waals surface area contributed by atoms with E-state index in [2.05, 4.69) is 10.9 Å². The number of carboxylic acids is 1. The molecule has 0 aliphatic rings. The first-order valence-corrected chi connectivity index (χ1v) is 4.91. The molecule has 1 N–H and O–H groups in total. The molecule has 0 aliphatic heterocycles. The highest BCUT2D eigenvalue weighted by atomic mass is 19.1. The average Bonchev–Trinajstić information content (AvgIpc) is 2.55. The fourth-order valence-electron chi connectivity index (χ4n) is 1.69. The summed E-state index contributed by atoms with van der Waals surface area (Å²) in [5.41, 5.74) is 1.05. The maximum atomic E-state index is 13.0. The number of rotatable bonds is 3. The first kappa shape index (κ1) is 11.1. The summed E-state index contributed by atoms with van der Waals surface area (Å²) in [7, 11) is 0. The van der Waals surface area contributed by atoms with E-state index in [4.69, 9.17) is 11.5 Å². The van der Waals surface area contributed by atoms with Gasteiger partial charge in [-0.05, 0) is 12.1 Å². The second kappa shape index (κ2) is 4.26. The van der Waals surface area contributed by atoms with E-state index in [-0.39, 0.29) is 13.0 Å². The summed E-state index contributed by atoms with van der Waals surface area (Å²) < 4.78 is 14.6. The van der Waals surface area contributed by atoms with E-state index in [1.54, 1.807) is 10.6 Å². The van der Waals surface area contributed by atoms with Crippen LogP contribution >= 0.6 is 0 Å². The molecule has 5 heteroatoms. The van der Waals surface area contributed by atoms with Crippen molar-refractivity contribution in [3.63, 3.8) is 0 Å². The van der Waals surface area contributed by atoms with Gasteiger partial charge in [0.15, 0.2) is 0 Å². The van der Waals surface area contributed by atoms with Gasteiger partial charge >= 0.3 is 5.97 Å². The third-order valence-electron chi connectivity index (χ3n) is 2.35. The molecule has 4 nitrogen and oxygen atoms in total. The zero-order valence-corrected chi connectivity index (χ0v) is 8.85. The minimum absolute atomic E-state index is 0.213. The monoisotopic (exact) mass is 232 g/mol.